The summed E-state index contributed by atoms with van der Waals surface area (Å²) < 4.78 is 4.53. The second kappa shape index (κ2) is 4.85. The largest absolute Gasteiger partial charge is 0.453 e. The van der Waals surface area contributed by atoms with Crippen LogP contribution < -0.4 is 16.0 Å². The summed E-state index contributed by atoms with van der Waals surface area (Å²) in [5.74, 6) is 0. The first kappa shape index (κ1) is 10.8. The van der Waals surface area contributed by atoms with Gasteiger partial charge < -0.3 is 15.4 Å². The van der Waals surface area contributed by atoms with Gasteiger partial charge in [-0.05, 0) is 18.2 Å². The molecule has 1 aromatic rings. The van der Waals surface area contributed by atoms with Crippen molar-refractivity contribution in [2.45, 2.75) is 6.04 Å². The highest BCUT2D eigenvalue weighted by molar-refractivity contribution is 5.85. The first-order valence-electron chi connectivity index (χ1n) is 5.20. The van der Waals surface area contributed by atoms with Crippen LogP contribution in [-0.4, -0.2) is 32.3 Å². The number of rotatable bonds is 3. The van der Waals surface area contributed by atoms with Crippen LogP contribution in [0.1, 0.15) is 0 Å². The van der Waals surface area contributed by atoms with E-state index in [1.165, 1.54) is 7.11 Å². The number of benzene rings is 1. The van der Waals surface area contributed by atoms with Gasteiger partial charge >= 0.3 is 6.09 Å². The standard InChI is InChI=1S/C11H15N3O2/c1-16-11(15)14-9-4-2-3-8(5-9)13-10-6-12-7-10/h2-5,10,12-13H,6-7H2,1H3,(H,14,15). The van der Waals surface area contributed by atoms with Crippen molar-refractivity contribution < 1.29 is 9.53 Å². The Labute approximate surface area is 94.2 Å². The van der Waals surface area contributed by atoms with E-state index in [0.717, 1.165) is 24.5 Å². The molecule has 0 spiro atoms. The van der Waals surface area contributed by atoms with Crippen LogP contribution in [0.3, 0.4) is 0 Å². The molecule has 0 unspecified atom stereocenters. The molecule has 3 N–H and O–H groups in total. The Kier molecular flexibility index (Phi) is 3.26. The highest BCUT2D eigenvalue weighted by Crippen LogP contribution is 2.16. The van der Waals surface area contributed by atoms with Crippen molar-refractivity contribution in [1.29, 1.82) is 0 Å². The van der Waals surface area contributed by atoms with E-state index < -0.39 is 6.09 Å². The topological polar surface area (TPSA) is 62.4 Å². The third-order valence-corrected chi connectivity index (χ3v) is 2.45. The monoisotopic (exact) mass is 221 g/mol. The predicted molar refractivity (Wildman–Crippen MR) is 62.8 cm³/mol. The fraction of sp³-hybridized carbons (Fsp3) is 0.364. The van der Waals surface area contributed by atoms with Crippen molar-refractivity contribution in [3.63, 3.8) is 0 Å². The van der Waals surface area contributed by atoms with Gasteiger partial charge in [0, 0.05) is 24.5 Å². The van der Waals surface area contributed by atoms with Crippen molar-refractivity contribution in [3.8, 4) is 0 Å². The van der Waals surface area contributed by atoms with Crippen molar-refractivity contribution in [3.05, 3.63) is 24.3 Å². The molecule has 1 fully saturated rings. The molecule has 0 aliphatic carbocycles. The van der Waals surface area contributed by atoms with Gasteiger partial charge in [0.15, 0.2) is 0 Å². The van der Waals surface area contributed by atoms with E-state index in [0.29, 0.717) is 6.04 Å². The average Bonchev–Trinajstić information content (AvgIpc) is 2.24. The van der Waals surface area contributed by atoms with E-state index in [4.69, 9.17) is 0 Å². The van der Waals surface area contributed by atoms with Gasteiger partial charge in [0.1, 0.15) is 0 Å². The minimum Gasteiger partial charge on any atom is -0.453 e. The van der Waals surface area contributed by atoms with E-state index in [-0.39, 0.29) is 0 Å². The molecule has 1 aliphatic heterocycles. The highest BCUT2D eigenvalue weighted by atomic mass is 16.5. The lowest BCUT2D eigenvalue weighted by molar-refractivity contribution is 0.187. The lowest BCUT2D eigenvalue weighted by Crippen LogP contribution is -2.51. The van der Waals surface area contributed by atoms with Crippen molar-refractivity contribution >= 4 is 17.5 Å². The third kappa shape index (κ3) is 2.64. The van der Waals surface area contributed by atoms with Crippen LogP contribution in [-0.2, 0) is 4.74 Å². The van der Waals surface area contributed by atoms with Crippen LogP contribution in [0, 0.1) is 0 Å². The van der Waals surface area contributed by atoms with E-state index in [1.54, 1.807) is 0 Å². The molecule has 1 heterocycles. The van der Waals surface area contributed by atoms with E-state index in [1.807, 2.05) is 24.3 Å². The fourth-order valence-corrected chi connectivity index (χ4v) is 1.48. The quantitative estimate of drug-likeness (QED) is 0.718. The first-order valence-corrected chi connectivity index (χ1v) is 5.20. The molecule has 2 rings (SSSR count). The summed E-state index contributed by atoms with van der Waals surface area (Å²) >= 11 is 0. The molecule has 86 valence electrons. The lowest BCUT2D eigenvalue weighted by atomic mass is 10.1. The number of methoxy groups -OCH3 is 1. The van der Waals surface area contributed by atoms with Crippen LogP contribution in [0.15, 0.2) is 24.3 Å². The molecule has 0 saturated carbocycles. The maximum atomic E-state index is 11.0. The number of ether oxygens (including phenoxy) is 1. The Morgan fingerprint density at radius 3 is 2.81 bits per heavy atom. The molecule has 0 aromatic heterocycles. The minimum atomic E-state index is -0.456. The number of anilines is 2. The van der Waals surface area contributed by atoms with Crippen LogP contribution >= 0.6 is 0 Å². The zero-order valence-corrected chi connectivity index (χ0v) is 9.12. The summed E-state index contributed by atoms with van der Waals surface area (Å²) in [6.45, 7) is 1.96. The summed E-state index contributed by atoms with van der Waals surface area (Å²) in [6.07, 6.45) is -0.456. The smallest absolute Gasteiger partial charge is 0.411 e. The van der Waals surface area contributed by atoms with Crippen molar-refractivity contribution in [1.82, 2.24) is 5.32 Å². The first-order chi connectivity index (χ1) is 7.78. The Morgan fingerprint density at radius 1 is 1.44 bits per heavy atom. The SMILES string of the molecule is COC(=O)Nc1cccc(NC2CNC2)c1. The van der Waals surface area contributed by atoms with Gasteiger partial charge in [-0.2, -0.15) is 0 Å². The Bertz CT molecular complexity index is 377. The fourth-order valence-electron chi connectivity index (χ4n) is 1.48. The molecule has 1 amide bonds. The molecular weight excluding hydrogens is 206 g/mol. The molecular formula is C11H15N3O2. The summed E-state index contributed by atoms with van der Waals surface area (Å²) in [5.41, 5.74) is 1.73. The third-order valence-electron chi connectivity index (χ3n) is 2.45. The maximum Gasteiger partial charge on any atom is 0.411 e. The van der Waals surface area contributed by atoms with E-state index in [9.17, 15) is 4.79 Å². The minimum absolute atomic E-state index is 0.456. The molecule has 16 heavy (non-hydrogen) atoms. The molecule has 5 heteroatoms. The molecule has 5 nitrogen and oxygen atoms in total. The number of carbonyl (C=O) groups excluding carboxylic acids is 1. The zero-order valence-electron chi connectivity index (χ0n) is 9.12. The van der Waals surface area contributed by atoms with Gasteiger partial charge in [0.05, 0.1) is 13.2 Å². The second-order valence-electron chi connectivity index (χ2n) is 3.70. The Morgan fingerprint density at radius 2 is 2.19 bits per heavy atom. The predicted octanol–water partition coefficient (Wildman–Crippen LogP) is 1.25. The number of nitrogens with one attached hydrogen (secondary N) is 3. The van der Waals surface area contributed by atoms with Gasteiger partial charge in [-0.25, -0.2) is 4.79 Å². The summed E-state index contributed by atoms with van der Waals surface area (Å²) in [4.78, 5) is 11.0. The molecule has 0 radical (unpaired) electrons. The van der Waals surface area contributed by atoms with Gasteiger partial charge in [0.25, 0.3) is 0 Å². The Hall–Kier alpha value is -1.75. The Balaban J connectivity index is 1.97. The molecule has 0 atom stereocenters. The average molecular weight is 221 g/mol. The maximum absolute atomic E-state index is 11.0. The van der Waals surface area contributed by atoms with Crippen molar-refractivity contribution in [2.75, 3.05) is 30.8 Å². The molecule has 1 aromatic carbocycles. The summed E-state index contributed by atoms with van der Waals surface area (Å²) in [5, 5.41) is 9.17. The highest BCUT2D eigenvalue weighted by Gasteiger charge is 2.15. The summed E-state index contributed by atoms with van der Waals surface area (Å²) in [6, 6.07) is 8.05. The van der Waals surface area contributed by atoms with Gasteiger partial charge in [-0.1, -0.05) is 6.07 Å². The summed E-state index contributed by atoms with van der Waals surface area (Å²) in [7, 11) is 1.34. The van der Waals surface area contributed by atoms with Crippen LogP contribution in [0.25, 0.3) is 0 Å². The van der Waals surface area contributed by atoms with E-state index >= 15 is 0 Å². The number of amides is 1. The van der Waals surface area contributed by atoms with E-state index in [2.05, 4.69) is 20.7 Å². The molecule has 1 aliphatic rings. The lowest BCUT2D eigenvalue weighted by Gasteiger charge is -2.29. The normalized spacial score (nSPS) is 15.1. The number of hydrogen-bond donors (Lipinski definition) is 3. The van der Waals surface area contributed by atoms with Gasteiger partial charge in [-0.3, -0.25) is 5.32 Å². The van der Waals surface area contributed by atoms with Gasteiger partial charge in [0.2, 0.25) is 0 Å². The van der Waals surface area contributed by atoms with Crippen molar-refractivity contribution in [2.24, 2.45) is 0 Å². The second-order valence-corrected chi connectivity index (χ2v) is 3.70. The van der Waals surface area contributed by atoms with Crippen LogP contribution in [0.4, 0.5) is 16.2 Å². The number of hydrogen-bond acceptors (Lipinski definition) is 4. The zero-order chi connectivity index (χ0) is 11.4. The van der Waals surface area contributed by atoms with Crippen LogP contribution in [0.5, 0.6) is 0 Å². The van der Waals surface area contributed by atoms with Crippen LogP contribution in [0.2, 0.25) is 0 Å². The molecule has 0 bridgehead atoms. The molecule has 1 saturated heterocycles. The van der Waals surface area contributed by atoms with Gasteiger partial charge in [-0.15, -0.1) is 0 Å². The number of carbonyl (C=O) groups is 1.